The van der Waals surface area contributed by atoms with Crippen LogP contribution in [0.2, 0.25) is 0 Å². The van der Waals surface area contributed by atoms with Gasteiger partial charge in [0.1, 0.15) is 0 Å². The first-order chi connectivity index (χ1) is 13.0. The summed E-state index contributed by atoms with van der Waals surface area (Å²) in [7, 11) is 0. The first kappa shape index (κ1) is 20.1. The van der Waals surface area contributed by atoms with Gasteiger partial charge in [0.05, 0.1) is 17.2 Å². The predicted octanol–water partition coefficient (Wildman–Crippen LogP) is 5.40. The molecule has 0 amide bonds. The van der Waals surface area contributed by atoms with Crippen LogP contribution in [0.25, 0.3) is 0 Å². The molecule has 1 fully saturated rings. The molecule has 2 heterocycles. The molecule has 1 aromatic heterocycles. The summed E-state index contributed by atoms with van der Waals surface area (Å²) >= 11 is 1.87. The Kier molecular flexibility index (Phi) is 6.70. The fraction of sp³-hybridized carbons (Fsp3) is 0.522. The van der Waals surface area contributed by atoms with Gasteiger partial charge >= 0.3 is 0 Å². The van der Waals surface area contributed by atoms with Crippen LogP contribution in [0.4, 0.5) is 0 Å². The first-order valence-corrected chi connectivity index (χ1v) is 10.7. The van der Waals surface area contributed by atoms with Crippen LogP contribution in [0.3, 0.4) is 0 Å². The first-order valence-electron chi connectivity index (χ1n) is 9.87. The second-order valence-electron chi connectivity index (χ2n) is 8.18. The minimum Gasteiger partial charge on any atom is -0.376 e. The third kappa shape index (κ3) is 5.65. The fourth-order valence-corrected chi connectivity index (χ4v) is 5.01. The molecule has 27 heavy (non-hydrogen) atoms. The highest BCUT2D eigenvalue weighted by Crippen LogP contribution is 2.39. The maximum atomic E-state index is 9.09. The van der Waals surface area contributed by atoms with E-state index in [2.05, 4.69) is 56.4 Å². The third-order valence-electron chi connectivity index (χ3n) is 5.50. The molecular weight excluding hydrogens is 352 g/mol. The lowest BCUT2D eigenvalue weighted by Crippen LogP contribution is -2.36. The van der Waals surface area contributed by atoms with Gasteiger partial charge in [0.25, 0.3) is 0 Å². The van der Waals surface area contributed by atoms with Gasteiger partial charge < -0.3 is 10.1 Å². The molecule has 1 aliphatic heterocycles. The van der Waals surface area contributed by atoms with E-state index < -0.39 is 0 Å². The van der Waals surface area contributed by atoms with Crippen LogP contribution < -0.4 is 5.32 Å². The van der Waals surface area contributed by atoms with E-state index in [1.165, 1.54) is 15.3 Å². The normalized spacial score (nSPS) is 20.1. The van der Waals surface area contributed by atoms with Crippen LogP contribution in [0.15, 0.2) is 36.4 Å². The Morgan fingerprint density at radius 1 is 1.26 bits per heavy atom. The number of aryl methyl sites for hydroxylation is 1. The molecule has 0 spiro atoms. The Morgan fingerprint density at radius 3 is 2.67 bits per heavy atom. The number of hydrogen-bond acceptors (Lipinski definition) is 4. The van der Waals surface area contributed by atoms with Gasteiger partial charge in [-0.2, -0.15) is 5.26 Å². The van der Waals surface area contributed by atoms with Crippen LogP contribution in [-0.4, -0.2) is 18.8 Å². The summed E-state index contributed by atoms with van der Waals surface area (Å²) in [5.74, 6) is 1.12. The van der Waals surface area contributed by atoms with Crippen molar-refractivity contribution in [2.24, 2.45) is 5.92 Å². The minimum atomic E-state index is -0.0459. The van der Waals surface area contributed by atoms with Crippen LogP contribution in [0, 0.1) is 24.2 Å². The number of nitrogens with zero attached hydrogens (tertiary/aromatic N) is 1. The topological polar surface area (TPSA) is 45.0 Å². The summed E-state index contributed by atoms with van der Waals surface area (Å²) in [5.41, 5.74) is 2.04. The van der Waals surface area contributed by atoms with Crippen molar-refractivity contribution in [3.63, 3.8) is 0 Å². The standard InChI is InChI=1S/C23H30N2OS/c1-17-4-9-21(27-17)16-25-12-10-22(19-7-5-18(15-24)6-8-19)20-11-13-26-23(2,3)14-20/h4-9,20,22,25H,10-14,16H2,1-3H3/t20-,22+/m0/s1. The van der Waals surface area contributed by atoms with Gasteiger partial charge in [0.2, 0.25) is 0 Å². The molecule has 1 N–H and O–H groups in total. The lowest BCUT2D eigenvalue weighted by atomic mass is 9.75. The molecule has 3 nitrogen and oxygen atoms in total. The average Bonchev–Trinajstić information content (AvgIpc) is 3.06. The highest BCUT2D eigenvalue weighted by Gasteiger charge is 2.33. The Morgan fingerprint density at radius 2 is 2.04 bits per heavy atom. The number of rotatable bonds is 7. The van der Waals surface area contributed by atoms with Crippen LogP contribution in [-0.2, 0) is 11.3 Å². The molecular formula is C23H30N2OS. The van der Waals surface area contributed by atoms with E-state index in [1.807, 2.05) is 23.5 Å². The molecule has 0 radical (unpaired) electrons. The van der Waals surface area contributed by atoms with E-state index in [0.29, 0.717) is 11.8 Å². The number of benzene rings is 1. The quantitative estimate of drug-likeness (QED) is 0.652. The van der Waals surface area contributed by atoms with E-state index in [9.17, 15) is 0 Å². The van der Waals surface area contributed by atoms with Gasteiger partial charge in [-0.3, -0.25) is 0 Å². The Balaban J connectivity index is 1.66. The molecule has 144 valence electrons. The monoisotopic (exact) mass is 382 g/mol. The molecule has 2 aromatic rings. The second kappa shape index (κ2) is 9.01. The summed E-state index contributed by atoms with van der Waals surface area (Å²) in [4.78, 5) is 2.77. The van der Waals surface area contributed by atoms with Gasteiger partial charge in [-0.15, -0.1) is 11.3 Å². The minimum absolute atomic E-state index is 0.0459. The Labute approximate surface area is 167 Å². The zero-order valence-corrected chi connectivity index (χ0v) is 17.4. The molecule has 1 aromatic carbocycles. The second-order valence-corrected chi connectivity index (χ2v) is 9.55. The summed E-state index contributed by atoms with van der Waals surface area (Å²) in [6.07, 6.45) is 3.30. The van der Waals surface area contributed by atoms with Gasteiger partial charge in [0.15, 0.2) is 0 Å². The van der Waals surface area contributed by atoms with E-state index in [-0.39, 0.29) is 5.60 Å². The molecule has 0 saturated carbocycles. The number of nitriles is 1. The molecule has 3 rings (SSSR count). The van der Waals surface area contributed by atoms with Crippen molar-refractivity contribution < 1.29 is 4.74 Å². The van der Waals surface area contributed by atoms with Crippen molar-refractivity contribution in [3.8, 4) is 6.07 Å². The maximum Gasteiger partial charge on any atom is 0.0991 e. The summed E-state index contributed by atoms with van der Waals surface area (Å²) in [6.45, 7) is 9.34. The van der Waals surface area contributed by atoms with E-state index in [0.717, 1.165) is 44.5 Å². The molecule has 0 aliphatic carbocycles. The molecule has 2 atom stereocenters. The zero-order valence-electron chi connectivity index (χ0n) is 16.6. The largest absolute Gasteiger partial charge is 0.376 e. The fourth-order valence-electron chi connectivity index (χ4n) is 4.15. The van der Waals surface area contributed by atoms with Crippen molar-refractivity contribution in [1.82, 2.24) is 5.32 Å². The zero-order chi connectivity index (χ0) is 19.3. The summed E-state index contributed by atoms with van der Waals surface area (Å²) in [5, 5.41) is 12.7. The SMILES string of the molecule is Cc1ccc(CNCC[C@H](c2ccc(C#N)cc2)[C@H]2CCOC(C)(C)C2)s1. The molecule has 0 bridgehead atoms. The van der Waals surface area contributed by atoms with Crippen molar-refractivity contribution >= 4 is 11.3 Å². The van der Waals surface area contributed by atoms with Crippen molar-refractivity contribution in [2.75, 3.05) is 13.2 Å². The van der Waals surface area contributed by atoms with Gasteiger partial charge in [-0.05, 0) is 88.2 Å². The van der Waals surface area contributed by atoms with Crippen molar-refractivity contribution in [3.05, 3.63) is 57.3 Å². The number of nitrogens with one attached hydrogen (secondary N) is 1. The highest BCUT2D eigenvalue weighted by molar-refractivity contribution is 7.11. The summed E-state index contributed by atoms with van der Waals surface area (Å²) < 4.78 is 5.95. The lowest BCUT2D eigenvalue weighted by molar-refractivity contribution is -0.0771. The van der Waals surface area contributed by atoms with E-state index in [1.54, 1.807) is 0 Å². The number of hydrogen-bond donors (Lipinski definition) is 1. The molecule has 4 heteroatoms. The average molecular weight is 383 g/mol. The third-order valence-corrected chi connectivity index (χ3v) is 6.50. The summed E-state index contributed by atoms with van der Waals surface area (Å²) in [6, 6.07) is 14.8. The van der Waals surface area contributed by atoms with Crippen LogP contribution in [0.1, 0.15) is 59.9 Å². The molecule has 1 aliphatic rings. The highest BCUT2D eigenvalue weighted by atomic mass is 32.1. The number of thiophene rings is 1. The maximum absolute atomic E-state index is 9.09. The van der Waals surface area contributed by atoms with Crippen molar-refractivity contribution in [2.45, 2.75) is 58.1 Å². The van der Waals surface area contributed by atoms with Gasteiger partial charge in [0, 0.05) is 22.9 Å². The lowest BCUT2D eigenvalue weighted by Gasteiger charge is -2.39. The van der Waals surface area contributed by atoms with E-state index >= 15 is 0 Å². The van der Waals surface area contributed by atoms with Gasteiger partial charge in [-0.25, -0.2) is 0 Å². The van der Waals surface area contributed by atoms with Gasteiger partial charge in [-0.1, -0.05) is 12.1 Å². The Bertz CT molecular complexity index is 772. The molecule has 0 unspecified atom stereocenters. The number of ether oxygens (including phenoxy) is 1. The Hall–Kier alpha value is -1.67. The van der Waals surface area contributed by atoms with Crippen molar-refractivity contribution in [1.29, 1.82) is 5.26 Å². The molecule has 1 saturated heterocycles. The smallest absolute Gasteiger partial charge is 0.0991 e. The predicted molar refractivity (Wildman–Crippen MR) is 112 cm³/mol. The van der Waals surface area contributed by atoms with E-state index in [4.69, 9.17) is 10.00 Å². The van der Waals surface area contributed by atoms with Crippen LogP contribution >= 0.6 is 11.3 Å². The van der Waals surface area contributed by atoms with Crippen LogP contribution in [0.5, 0.6) is 0 Å².